The molecule has 1 amide bonds. The summed E-state index contributed by atoms with van der Waals surface area (Å²) in [5.41, 5.74) is 1.13. The molecule has 0 unspecified atom stereocenters. The third-order valence-electron chi connectivity index (χ3n) is 4.98. The predicted molar refractivity (Wildman–Crippen MR) is 116 cm³/mol. The molecular formula is C21H30N6O3. The highest BCUT2D eigenvalue weighted by Crippen LogP contribution is 2.20. The van der Waals surface area contributed by atoms with E-state index in [-0.39, 0.29) is 12.2 Å². The van der Waals surface area contributed by atoms with Crippen molar-refractivity contribution in [3.63, 3.8) is 0 Å². The number of hydrogen-bond acceptors (Lipinski definition) is 8. The van der Waals surface area contributed by atoms with Crippen LogP contribution in [0, 0.1) is 0 Å². The zero-order chi connectivity index (χ0) is 21.3. The molecular weight excluding hydrogens is 384 g/mol. The number of hydrogen-bond donors (Lipinski definition) is 2. The van der Waals surface area contributed by atoms with Crippen molar-refractivity contribution in [2.24, 2.45) is 0 Å². The lowest BCUT2D eigenvalue weighted by Crippen LogP contribution is -2.36. The first-order valence-corrected chi connectivity index (χ1v) is 10.1. The average Bonchev–Trinajstić information content (AvgIpc) is 3.25. The van der Waals surface area contributed by atoms with Crippen molar-refractivity contribution in [3.05, 3.63) is 42.1 Å². The van der Waals surface area contributed by atoms with Crippen LogP contribution in [0.2, 0.25) is 0 Å². The molecule has 0 bridgehead atoms. The molecule has 0 radical (unpaired) electrons. The maximum Gasteiger partial charge on any atom is 0.409 e. The number of carbonyl (C=O) groups excluding carboxylic acids is 1. The van der Waals surface area contributed by atoms with E-state index in [2.05, 4.69) is 20.6 Å². The first-order valence-electron chi connectivity index (χ1n) is 10.1. The monoisotopic (exact) mass is 414 g/mol. The summed E-state index contributed by atoms with van der Waals surface area (Å²) in [6.07, 6.45) is 2.05. The lowest BCUT2D eigenvalue weighted by Gasteiger charge is -2.20. The van der Waals surface area contributed by atoms with Gasteiger partial charge in [-0.15, -0.1) is 0 Å². The largest absolute Gasteiger partial charge is 0.497 e. The Morgan fingerprint density at radius 1 is 1.30 bits per heavy atom. The van der Waals surface area contributed by atoms with Gasteiger partial charge in [-0.1, -0.05) is 12.1 Å². The molecule has 1 atom stereocenters. The van der Waals surface area contributed by atoms with Gasteiger partial charge in [0, 0.05) is 45.8 Å². The van der Waals surface area contributed by atoms with Crippen LogP contribution in [-0.2, 0) is 11.3 Å². The van der Waals surface area contributed by atoms with E-state index in [1.165, 1.54) is 0 Å². The third-order valence-corrected chi connectivity index (χ3v) is 4.98. The van der Waals surface area contributed by atoms with Crippen molar-refractivity contribution in [1.29, 1.82) is 0 Å². The van der Waals surface area contributed by atoms with E-state index in [1.54, 1.807) is 25.3 Å². The van der Waals surface area contributed by atoms with E-state index in [4.69, 9.17) is 9.47 Å². The molecule has 2 N–H and O–H groups in total. The first-order chi connectivity index (χ1) is 14.6. The van der Waals surface area contributed by atoms with Gasteiger partial charge in [-0.25, -0.2) is 9.78 Å². The standard InChI is InChI=1S/C21H30N6O3/c1-22-11-13-26(2)21(28)30-18-9-12-27(15-18)20-23-10-8-19(25-20)24-14-16-4-6-17(29-3)7-5-16/h4-8,10,18,22H,9,11-15H2,1-3H3,(H,23,24,25)/t18-/m0/s1. The van der Waals surface area contributed by atoms with Crippen LogP contribution in [-0.4, -0.2) is 74.4 Å². The van der Waals surface area contributed by atoms with Gasteiger partial charge in [0.05, 0.1) is 13.7 Å². The van der Waals surface area contributed by atoms with Crippen molar-refractivity contribution in [1.82, 2.24) is 20.2 Å². The van der Waals surface area contributed by atoms with Gasteiger partial charge < -0.3 is 29.9 Å². The van der Waals surface area contributed by atoms with Crippen LogP contribution in [0.1, 0.15) is 12.0 Å². The van der Waals surface area contributed by atoms with Crippen LogP contribution in [0.25, 0.3) is 0 Å². The number of likely N-dealkylation sites (N-methyl/N-ethyl adjacent to an activating group) is 2. The summed E-state index contributed by atoms with van der Waals surface area (Å²) < 4.78 is 10.8. The molecule has 0 aliphatic carbocycles. The Morgan fingerprint density at radius 3 is 2.83 bits per heavy atom. The summed E-state index contributed by atoms with van der Waals surface area (Å²) in [5, 5.41) is 6.34. The smallest absolute Gasteiger partial charge is 0.409 e. The number of anilines is 2. The summed E-state index contributed by atoms with van der Waals surface area (Å²) in [7, 11) is 5.25. The SMILES string of the molecule is CNCCN(C)C(=O)O[C@H]1CCN(c2nccc(NCc3ccc(OC)cc3)n2)C1. The second-order valence-electron chi connectivity index (χ2n) is 7.21. The number of amides is 1. The second-order valence-corrected chi connectivity index (χ2v) is 7.21. The molecule has 3 rings (SSSR count). The van der Waals surface area contributed by atoms with E-state index < -0.39 is 0 Å². The number of nitrogens with zero attached hydrogens (tertiary/aromatic N) is 4. The van der Waals surface area contributed by atoms with Crippen LogP contribution < -0.4 is 20.3 Å². The normalized spacial score (nSPS) is 15.7. The summed E-state index contributed by atoms with van der Waals surface area (Å²) in [4.78, 5) is 24.8. The molecule has 1 aliphatic heterocycles. The molecule has 1 aliphatic rings. The van der Waals surface area contributed by atoms with Gasteiger partial charge >= 0.3 is 6.09 Å². The number of methoxy groups -OCH3 is 1. The summed E-state index contributed by atoms with van der Waals surface area (Å²) >= 11 is 0. The number of nitrogens with one attached hydrogen (secondary N) is 2. The Kier molecular flexibility index (Phi) is 7.67. The first kappa shape index (κ1) is 21.6. The predicted octanol–water partition coefficient (Wildman–Crippen LogP) is 1.96. The number of carbonyl (C=O) groups is 1. The fraction of sp³-hybridized carbons (Fsp3) is 0.476. The van der Waals surface area contributed by atoms with Gasteiger partial charge in [0.15, 0.2) is 0 Å². The minimum absolute atomic E-state index is 0.158. The zero-order valence-electron chi connectivity index (χ0n) is 17.8. The Labute approximate surface area is 177 Å². The Morgan fingerprint density at radius 2 is 2.10 bits per heavy atom. The van der Waals surface area contributed by atoms with E-state index in [9.17, 15) is 4.79 Å². The molecule has 1 fully saturated rings. The van der Waals surface area contributed by atoms with Crippen molar-refractivity contribution >= 4 is 17.9 Å². The Balaban J connectivity index is 1.51. The van der Waals surface area contributed by atoms with Crippen molar-refractivity contribution in [2.45, 2.75) is 19.1 Å². The molecule has 0 saturated carbocycles. The molecule has 0 spiro atoms. The highest BCUT2D eigenvalue weighted by molar-refractivity contribution is 5.67. The zero-order valence-corrected chi connectivity index (χ0v) is 17.8. The quantitative estimate of drug-likeness (QED) is 0.644. The number of ether oxygens (including phenoxy) is 2. The molecule has 9 nitrogen and oxygen atoms in total. The molecule has 2 heterocycles. The molecule has 1 saturated heterocycles. The number of rotatable bonds is 9. The van der Waals surface area contributed by atoms with E-state index in [1.807, 2.05) is 42.3 Å². The number of aromatic nitrogens is 2. The lowest BCUT2D eigenvalue weighted by atomic mass is 10.2. The number of benzene rings is 1. The van der Waals surface area contributed by atoms with Gasteiger partial charge in [0.1, 0.15) is 17.7 Å². The molecule has 1 aromatic heterocycles. The van der Waals surface area contributed by atoms with Crippen LogP contribution >= 0.6 is 0 Å². The van der Waals surface area contributed by atoms with Crippen molar-refractivity contribution in [3.8, 4) is 5.75 Å². The van der Waals surface area contributed by atoms with Crippen LogP contribution in [0.4, 0.5) is 16.6 Å². The van der Waals surface area contributed by atoms with Crippen LogP contribution in [0.3, 0.4) is 0 Å². The van der Waals surface area contributed by atoms with Gasteiger partial charge in [-0.3, -0.25) is 0 Å². The maximum atomic E-state index is 12.2. The van der Waals surface area contributed by atoms with Gasteiger partial charge in [-0.2, -0.15) is 4.98 Å². The van der Waals surface area contributed by atoms with E-state index in [0.29, 0.717) is 25.6 Å². The van der Waals surface area contributed by atoms with Crippen LogP contribution in [0.15, 0.2) is 36.5 Å². The molecule has 9 heteroatoms. The topological polar surface area (TPSA) is 91.9 Å². The minimum Gasteiger partial charge on any atom is -0.497 e. The fourth-order valence-corrected chi connectivity index (χ4v) is 3.14. The summed E-state index contributed by atoms with van der Waals surface area (Å²) in [6, 6.07) is 9.74. The molecule has 162 valence electrons. The summed E-state index contributed by atoms with van der Waals surface area (Å²) in [6.45, 7) is 3.33. The minimum atomic E-state index is -0.298. The highest BCUT2D eigenvalue weighted by atomic mass is 16.6. The Bertz CT molecular complexity index is 817. The van der Waals surface area contributed by atoms with E-state index >= 15 is 0 Å². The van der Waals surface area contributed by atoms with Gasteiger partial charge in [-0.05, 0) is 30.8 Å². The summed E-state index contributed by atoms with van der Waals surface area (Å²) in [5.74, 6) is 2.22. The van der Waals surface area contributed by atoms with Crippen molar-refractivity contribution < 1.29 is 14.3 Å². The Hall–Kier alpha value is -3.07. The third kappa shape index (κ3) is 5.96. The second kappa shape index (κ2) is 10.6. The average molecular weight is 415 g/mol. The maximum absolute atomic E-state index is 12.2. The molecule has 1 aromatic carbocycles. The molecule has 2 aromatic rings. The van der Waals surface area contributed by atoms with Gasteiger partial charge in [0.2, 0.25) is 5.95 Å². The van der Waals surface area contributed by atoms with Gasteiger partial charge in [0.25, 0.3) is 0 Å². The highest BCUT2D eigenvalue weighted by Gasteiger charge is 2.28. The lowest BCUT2D eigenvalue weighted by molar-refractivity contribution is 0.0782. The van der Waals surface area contributed by atoms with E-state index in [0.717, 1.165) is 36.6 Å². The fourth-order valence-electron chi connectivity index (χ4n) is 3.14. The van der Waals surface area contributed by atoms with Crippen LogP contribution in [0.5, 0.6) is 5.75 Å². The molecule has 30 heavy (non-hydrogen) atoms. The van der Waals surface area contributed by atoms with Crippen molar-refractivity contribution in [2.75, 3.05) is 57.6 Å².